The van der Waals surface area contributed by atoms with Crippen molar-refractivity contribution in [2.75, 3.05) is 51.6 Å². The third-order valence-corrected chi connectivity index (χ3v) is 20.4. The highest BCUT2D eigenvalue weighted by Gasteiger charge is 2.48. The van der Waals surface area contributed by atoms with Crippen molar-refractivity contribution in [3.8, 4) is 34.5 Å². The first kappa shape index (κ1) is 44.8. The zero-order valence-electron chi connectivity index (χ0n) is 38.9. The lowest BCUT2D eigenvalue weighted by Crippen LogP contribution is -2.57. The second-order valence-corrected chi connectivity index (χ2v) is 25.8. The molecule has 1 amide bonds. The van der Waals surface area contributed by atoms with E-state index in [1.807, 2.05) is 56.0 Å². The number of methoxy groups -OCH3 is 1. The number of halogens is 1. The topological polar surface area (TPSA) is 102 Å². The third-order valence-electron chi connectivity index (χ3n) is 14.1. The van der Waals surface area contributed by atoms with Crippen molar-refractivity contribution in [1.82, 2.24) is 24.8 Å². The predicted molar refractivity (Wildman–Crippen MR) is 251 cm³/mol. The van der Waals surface area contributed by atoms with Crippen molar-refractivity contribution in [3.05, 3.63) is 60.1 Å². The van der Waals surface area contributed by atoms with E-state index >= 15 is 4.39 Å². The van der Waals surface area contributed by atoms with E-state index in [9.17, 15) is 4.79 Å². The van der Waals surface area contributed by atoms with E-state index < -0.39 is 19.5 Å². The van der Waals surface area contributed by atoms with E-state index in [-0.39, 0.29) is 47.7 Å². The Kier molecular flexibility index (Phi) is 12.3. The van der Waals surface area contributed by atoms with Gasteiger partial charge in [-0.25, -0.2) is 9.18 Å². The molecule has 0 radical (unpaired) electrons. The quantitative estimate of drug-likeness (QED) is 0.0626. The number of piperazine rings is 1. The number of carbonyl (C=O) groups is 1. The number of nitrogens with zero attached hydrogens (tertiary/aromatic N) is 6. The molecule has 2 aromatic carbocycles. The Labute approximate surface area is 373 Å². The van der Waals surface area contributed by atoms with Crippen LogP contribution in [0, 0.1) is 17.3 Å². The van der Waals surface area contributed by atoms with E-state index in [2.05, 4.69) is 69.4 Å². The molecule has 6 heterocycles. The molecule has 13 heteroatoms. The van der Waals surface area contributed by atoms with Crippen molar-refractivity contribution < 1.29 is 28.1 Å². The Balaban J connectivity index is 1.27. The van der Waals surface area contributed by atoms with Crippen LogP contribution in [0.1, 0.15) is 100.0 Å². The minimum atomic E-state index is -2.12. The first-order valence-corrected chi connectivity index (χ1v) is 25.1. The van der Waals surface area contributed by atoms with E-state index in [4.69, 9.17) is 33.9 Å². The Bertz CT molecular complexity index is 2440. The monoisotopic (exact) mass is 876 g/mol. The summed E-state index contributed by atoms with van der Waals surface area (Å²) in [6.07, 6.45) is 5.96. The van der Waals surface area contributed by atoms with Gasteiger partial charge >= 0.3 is 12.1 Å². The van der Waals surface area contributed by atoms with Gasteiger partial charge in [0, 0.05) is 49.5 Å². The number of benzene rings is 2. The van der Waals surface area contributed by atoms with E-state index in [0.717, 1.165) is 61.5 Å². The fourth-order valence-electron chi connectivity index (χ4n) is 11.4. The zero-order chi connectivity index (χ0) is 45.0. The molecule has 3 unspecified atom stereocenters. The van der Waals surface area contributed by atoms with Gasteiger partial charge in [0.15, 0.2) is 12.6 Å². The fraction of sp³-hybridized carbons (Fsp3) is 0.560. The summed E-state index contributed by atoms with van der Waals surface area (Å²) in [6.45, 7) is 27.0. The summed E-state index contributed by atoms with van der Waals surface area (Å²) in [5.74, 6) is 4.13. The van der Waals surface area contributed by atoms with Gasteiger partial charge in [0.1, 0.15) is 43.1 Å². The van der Waals surface area contributed by atoms with Crippen LogP contribution in [0.3, 0.4) is 0 Å². The van der Waals surface area contributed by atoms with Gasteiger partial charge in [-0.2, -0.15) is 9.97 Å². The second kappa shape index (κ2) is 17.3. The van der Waals surface area contributed by atoms with Gasteiger partial charge in [-0.15, -0.1) is 5.54 Å². The average molecular weight is 877 g/mol. The van der Waals surface area contributed by atoms with Crippen LogP contribution in [0.4, 0.5) is 15.0 Å². The highest BCUT2D eigenvalue weighted by molar-refractivity contribution is 6.90. The minimum Gasteiger partial charge on any atom is -0.468 e. The molecule has 0 spiro atoms. The average Bonchev–Trinajstić information content (AvgIpc) is 3.84. The Hall–Kier alpha value is -4.77. The molecule has 2 bridgehead atoms. The molecule has 8 rings (SSSR count). The number of carbonyl (C=O) groups excluding carboxylic acids is 1. The Morgan fingerprint density at radius 2 is 1.75 bits per heavy atom. The molecule has 0 saturated carbocycles. The SMILES string of the molecule is C=C1CN2CCCC2(COc2nc(N3CC4CCC(C3)N4C(=O)OC(C)(C)C)c3cnc(-c4cc(OCOC)cc5cccc(C#C[Si](C(C)C)(C(C)C)C(C)C)c45)c(F)c3n2)C1. The lowest BCUT2D eigenvalue weighted by atomic mass is 9.94. The molecule has 0 aliphatic carbocycles. The van der Waals surface area contributed by atoms with Crippen LogP contribution in [0.2, 0.25) is 16.6 Å². The van der Waals surface area contributed by atoms with Crippen LogP contribution in [-0.2, 0) is 9.47 Å². The Morgan fingerprint density at radius 3 is 2.41 bits per heavy atom. The largest absolute Gasteiger partial charge is 0.468 e. The number of hydrogen-bond donors (Lipinski definition) is 0. The van der Waals surface area contributed by atoms with Crippen LogP contribution in [0.15, 0.2) is 48.7 Å². The lowest BCUT2D eigenvalue weighted by Gasteiger charge is -2.42. The van der Waals surface area contributed by atoms with Crippen LogP contribution >= 0.6 is 0 Å². The normalized spacial score (nSPS) is 21.5. The highest BCUT2D eigenvalue weighted by atomic mass is 28.3. The molecular weight excluding hydrogens is 812 g/mol. The van der Waals surface area contributed by atoms with Crippen molar-refractivity contribution in [3.63, 3.8) is 0 Å². The van der Waals surface area contributed by atoms with Gasteiger partial charge in [-0.05, 0) is 99.6 Å². The van der Waals surface area contributed by atoms with Crippen LogP contribution in [0.25, 0.3) is 32.9 Å². The van der Waals surface area contributed by atoms with Gasteiger partial charge in [0.05, 0.1) is 23.0 Å². The van der Waals surface area contributed by atoms with Gasteiger partial charge in [0.2, 0.25) is 0 Å². The summed E-state index contributed by atoms with van der Waals surface area (Å²) < 4.78 is 41.6. The molecule has 2 aromatic heterocycles. The molecule has 4 saturated heterocycles. The summed E-state index contributed by atoms with van der Waals surface area (Å²) in [5.41, 5.74) is 7.21. The standard InChI is InChI=1S/C50H65FN6O5Si/c1-31(2)63(32(3)4,33(5)6)21-18-35-14-12-15-36-22-39(61-30-59-11)23-40(42(35)36)44-43(51)45-41(25-52-44)46(54-47(53-45)60-29-50-19-13-20-56(50)26-34(7)24-50)55-27-37-16-17-38(28-55)57(37)48(58)62-49(8,9)10/h12,14-15,22-23,25,31-33,37-38H,7,13,16-17,19-20,24,26-30H2,1-6,8-11H3. The third kappa shape index (κ3) is 8.39. The summed E-state index contributed by atoms with van der Waals surface area (Å²) >= 11 is 0. The molecule has 3 atom stereocenters. The first-order chi connectivity index (χ1) is 29.9. The smallest absolute Gasteiger partial charge is 0.410 e. The highest BCUT2D eigenvalue weighted by Crippen LogP contribution is 2.44. The fourth-order valence-corrected chi connectivity index (χ4v) is 16.6. The molecule has 0 N–H and O–H groups in total. The maximum Gasteiger partial charge on any atom is 0.410 e. The number of ether oxygens (including phenoxy) is 4. The zero-order valence-corrected chi connectivity index (χ0v) is 39.9. The summed E-state index contributed by atoms with van der Waals surface area (Å²) in [7, 11) is -0.550. The Morgan fingerprint density at radius 1 is 1.03 bits per heavy atom. The molecular formula is C50H65FN6O5Si. The second-order valence-electron chi connectivity index (χ2n) is 20.2. The first-order valence-electron chi connectivity index (χ1n) is 22.8. The van der Waals surface area contributed by atoms with Crippen LogP contribution < -0.4 is 14.4 Å². The van der Waals surface area contributed by atoms with Gasteiger partial charge in [-0.1, -0.05) is 71.7 Å². The number of anilines is 1. The van der Waals surface area contributed by atoms with Gasteiger partial charge < -0.3 is 23.8 Å². The van der Waals surface area contributed by atoms with E-state index in [1.54, 1.807) is 13.3 Å². The molecule has 4 aromatic rings. The molecule has 11 nitrogen and oxygen atoms in total. The van der Waals surface area contributed by atoms with Crippen molar-refractivity contribution >= 4 is 41.7 Å². The summed E-state index contributed by atoms with van der Waals surface area (Å²) in [4.78, 5) is 34.8. The number of amides is 1. The van der Waals surface area contributed by atoms with Crippen LogP contribution in [0.5, 0.6) is 11.8 Å². The number of fused-ring (bicyclic) bond motifs is 5. The summed E-state index contributed by atoms with van der Waals surface area (Å²) in [5, 5.41) is 2.12. The minimum absolute atomic E-state index is 0.0239. The number of rotatable bonds is 11. The number of pyridine rings is 1. The molecule has 4 fully saturated rings. The molecule has 336 valence electrons. The van der Waals surface area contributed by atoms with E-state index in [0.29, 0.717) is 58.8 Å². The molecule has 4 aliphatic rings. The van der Waals surface area contributed by atoms with Crippen molar-refractivity contribution in [2.45, 2.75) is 134 Å². The van der Waals surface area contributed by atoms with Crippen molar-refractivity contribution in [2.24, 2.45) is 0 Å². The van der Waals surface area contributed by atoms with Crippen molar-refractivity contribution in [1.29, 1.82) is 0 Å². The molecule has 4 aliphatic heterocycles. The lowest BCUT2D eigenvalue weighted by molar-refractivity contribution is 0.0122. The van der Waals surface area contributed by atoms with Gasteiger partial charge in [0.25, 0.3) is 0 Å². The predicted octanol–water partition coefficient (Wildman–Crippen LogP) is 10.3. The number of hydrogen-bond acceptors (Lipinski definition) is 10. The van der Waals surface area contributed by atoms with Gasteiger partial charge in [-0.3, -0.25) is 14.8 Å². The summed E-state index contributed by atoms with van der Waals surface area (Å²) in [6, 6.07) is 9.72. The number of aromatic nitrogens is 3. The van der Waals surface area contributed by atoms with E-state index in [1.165, 1.54) is 5.57 Å². The van der Waals surface area contributed by atoms with Crippen LogP contribution in [-0.4, -0.2) is 109 Å². The molecule has 63 heavy (non-hydrogen) atoms. The maximum atomic E-state index is 17.9. The maximum absolute atomic E-state index is 17.9.